The molecule has 3 aromatic rings. The molecule has 0 amide bonds. The van der Waals surface area contributed by atoms with Crippen LogP contribution in [0.5, 0.6) is 11.5 Å². The molecule has 0 bridgehead atoms. The van der Waals surface area contributed by atoms with Gasteiger partial charge in [-0.2, -0.15) is 0 Å². The molecule has 2 aromatic carbocycles. The largest absolute Gasteiger partial charge is 0.422 e. The predicted octanol–water partition coefficient (Wildman–Crippen LogP) is 5.68. The van der Waals surface area contributed by atoms with Crippen LogP contribution in [-0.4, -0.2) is 23.1 Å². The second kappa shape index (κ2) is 10.1. The molecular weight excluding hydrogens is 460 g/mol. The van der Waals surface area contributed by atoms with Crippen LogP contribution in [0.15, 0.2) is 70.4 Å². The Hall–Kier alpha value is -3.32. The Kier molecular flexibility index (Phi) is 7.31. The second-order valence-corrected chi connectivity index (χ2v) is 8.04. The van der Waals surface area contributed by atoms with Gasteiger partial charge in [0.25, 0.3) is 0 Å². The number of rotatable bonds is 6. The van der Waals surface area contributed by atoms with Crippen LogP contribution in [-0.2, 0) is 4.79 Å². The maximum absolute atomic E-state index is 12.7. The third-order valence-electron chi connectivity index (χ3n) is 4.18. The van der Waals surface area contributed by atoms with Crippen LogP contribution >= 0.6 is 15.9 Å². The fourth-order valence-corrected chi connectivity index (χ4v) is 3.05. The maximum atomic E-state index is 12.7. The smallest absolute Gasteiger partial charge is 0.343 e. The first-order chi connectivity index (χ1) is 14.8. The highest BCUT2D eigenvalue weighted by molar-refractivity contribution is 9.10. The minimum Gasteiger partial charge on any atom is -0.422 e. The van der Waals surface area contributed by atoms with Crippen LogP contribution in [0.4, 0.5) is 5.69 Å². The zero-order chi connectivity index (χ0) is 22.4. The van der Waals surface area contributed by atoms with Crippen molar-refractivity contribution in [1.82, 2.24) is 4.98 Å². The van der Waals surface area contributed by atoms with Crippen molar-refractivity contribution < 1.29 is 19.1 Å². The SMILES string of the molecule is Cc1cccc(C(=O)Oc2cc(Br)cc(C=Nc3cccnc3)c2OC(=O)C(C)C)c1. The van der Waals surface area contributed by atoms with Gasteiger partial charge in [-0.1, -0.05) is 47.5 Å². The minimum atomic E-state index is -0.557. The Morgan fingerprint density at radius 2 is 1.90 bits per heavy atom. The number of pyridine rings is 1. The summed E-state index contributed by atoms with van der Waals surface area (Å²) in [5.74, 6) is -1.14. The molecule has 6 nitrogen and oxygen atoms in total. The quantitative estimate of drug-likeness (QED) is 0.257. The van der Waals surface area contributed by atoms with Crippen LogP contribution in [0.2, 0.25) is 0 Å². The number of carbonyl (C=O) groups is 2. The van der Waals surface area contributed by atoms with E-state index in [-0.39, 0.29) is 17.4 Å². The molecule has 0 N–H and O–H groups in total. The highest BCUT2D eigenvalue weighted by atomic mass is 79.9. The molecule has 0 aliphatic rings. The lowest BCUT2D eigenvalue weighted by molar-refractivity contribution is -0.137. The molecule has 0 fully saturated rings. The molecule has 3 rings (SSSR count). The number of aliphatic imine (C=N–C) groups is 1. The fourth-order valence-electron chi connectivity index (χ4n) is 2.59. The van der Waals surface area contributed by atoms with Crippen LogP contribution in [0.3, 0.4) is 0 Å². The molecule has 0 saturated heterocycles. The highest BCUT2D eigenvalue weighted by Crippen LogP contribution is 2.36. The van der Waals surface area contributed by atoms with E-state index < -0.39 is 11.9 Å². The lowest BCUT2D eigenvalue weighted by Crippen LogP contribution is -2.17. The number of hydrogen-bond acceptors (Lipinski definition) is 6. The van der Waals surface area contributed by atoms with Crippen molar-refractivity contribution in [2.75, 3.05) is 0 Å². The normalized spacial score (nSPS) is 11.0. The molecule has 0 aliphatic heterocycles. The number of carbonyl (C=O) groups excluding carboxylic acids is 2. The van der Waals surface area contributed by atoms with E-state index in [0.717, 1.165) is 5.56 Å². The van der Waals surface area contributed by atoms with Gasteiger partial charge < -0.3 is 9.47 Å². The Balaban J connectivity index is 2.02. The number of halogens is 1. The van der Waals surface area contributed by atoms with Crippen molar-refractivity contribution >= 4 is 39.8 Å². The van der Waals surface area contributed by atoms with Gasteiger partial charge in [-0.05, 0) is 43.3 Å². The number of hydrogen-bond donors (Lipinski definition) is 0. The monoisotopic (exact) mass is 480 g/mol. The molecular formula is C24H21BrN2O4. The summed E-state index contributed by atoms with van der Waals surface area (Å²) in [7, 11) is 0. The van der Waals surface area contributed by atoms with E-state index in [9.17, 15) is 9.59 Å². The number of nitrogens with zero attached hydrogens (tertiary/aromatic N) is 2. The lowest BCUT2D eigenvalue weighted by Gasteiger charge is -2.15. The Morgan fingerprint density at radius 3 is 2.58 bits per heavy atom. The molecule has 158 valence electrons. The number of esters is 2. The standard InChI is InChI=1S/C24H21BrN2O4/c1-15(2)23(28)31-22-18(13-27-20-8-5-9-26-14-20)11-19(25)12-21(22)30-24(29)17-7-4-6-16(3)10-17/h4-15H,1-3H3. The van der Waals surface area contributed by atoms with Crippen molar-refractivity contribution in [1.29, 1.82) is 0 Å². The third-order valence-corrected chi connectivity index (χ3v) is 4.64. The van der Waals surface area contributed by atoms with Gasteiger partial charge in [-0.25, -0.2) is 4.79 Å². The second-order valence-electron chi connectivity index (χ2n) is 7.13. The van der Waals surface area contributed by atoms with Crippen molar-refractivity contribution in [3.63, 3.8) is 0 Å². The fraction of sp³-hybridized carbons (Fsp3) is 0.167. The molecule has 1 aromatic heterocycles. The van der Waals surface area contributed by atoms with Gasteiger partial charge in [0, 0.05) is 22.4 Å². The van der Waals surface area contributed by atoms with Crippen molar-refractivity contribution in [2.45, 2.75) is 20.8 Å². The van der Waals surface area contributed by atoms with E-state index in [0.29, 0.717) is 21.3 Å². The maximum Gasteiger partial charge on any atom is 0.343 e. The summed E-state index contributed by atoms with van der Waals surface area (Å²) in [6.45, 7) is 5.34. The minimum absolute atomic E-state index is 0.113. The molecule has 0 spiro atoms. The van der Waals surface area contributed by atoms with E-state index in [1.807, 2.05) is 13.0 Å². The van der Waals surface area contributed by atoms with Gasteiger partial charge >= 0.3 is 11.9 Å². The Morgan fingerprint density at radius 1 is 1.10 bits per heavy atom. The average molecular weight is 481 g/mol. The third kappa shape index (κ3) is 6.08. The van der Waals surface area contributed by atoms with Gasteiger partial charge in [-0.3, -0.25) is 14.8 Å². The Bertz CT molecular complexity index is 1130. The molecule has 0 aliphatic carbocycles. The molecule has 0 radical (unpaired) electrons. The van der Waals surface area contributed by atoms with Gasteiger partial charge in [0.2, 0.25) is 0 Å². The summed E-state index contributed by atoms with van der Waals surface area (Å²) in [5.41, 5.74) is 2.42. The van der Waals surface area contributed by atoms with Crippen molar-refractivity contribution in [2.24, 2.45) is 10.9 Å². The van der Waals surface area contributed by atoms with Gasteiger partial charge in [0.05, 0.1) is 23.4 Å². The van der Waals surface area contributed by atoms with E-state index >= 15 is 0 Å². The zero-order valence-electron chi connectivity index (χ0n) is 17.3. The Labute approximate surface area is 189 Å². The van der Waals surface area contributed by atoms with Gasteiger partial charge in [0.1, 0.15) is 0 Å². The molecule has 7 heteroatoms. The first-order valence-electron chi connectivity index (χ1n) is 9.61. The van der Waals surface area contributed by atoms with E-state index in [1.54, 1.807) is 68.7 Å². The summed E-state index contributed by atoms with van der Waals surface area (Å²) in [6.07, 6.45) is 4.79. The van der Waals surface area contributed by atoms with E-state index in [2.05, 4.69) is 25.9 Å². The summed E-state index contributed by atoms with van der Waals surface area (Å²) < 4.78 is 11.9. The first-order valence-corrected chi connectivity index (χ1v) is 10.4. The summed E-state index contributed by atoms with van der Waals surface area (Å²) in [5, 5.41) is 0. The summed E-state index contributed by atoms with van der Waals surface area (Å²) in [6, 6.07) is 13.9. The first kappa shape index (κ1) is 22.4. The number of aryl methyl sites for hydroxylation is 1. The van der Waals surface area contributed by atoms with Crippen LogP contribution in [0.25, 0.3) is 0 Å². The van der Waals surface area contributed by atoms with Crippen molar-refractivity contribution in [3.05, 3.63) is 82.1 Å². The number of aromatic nitrogens is 1. The average Bonchev–Trinajstić information content (AvgIpc) is 2.74. The molecule has 0 atom stereocenters. The predicted molar refractivity (Wildman–Crippen MR) is 122 cm³/mol. The van der Waals surface area contributed by atoms with E-state index in [4.69, 9.17) is 9.47 Å². The highest BCUT2D eigenvalue weighted by Gasteiger charge is 2.21. The van der Waals surface area contributed by atoms with Crippen LogP contribution in [0, 0.1) is 12.8 Å². The lowest BCUT2D eigenvalue weighted by atomic mass is 10.1. The summed E-state index contributed by atoms with van der Waals surface area (Å²) >= 11 is 3.42. The van der Waals surface area contributed by atoms with Crippen LogP contribution in [0.1, 0.15) is 35.3 Å². The van der Waals surface area contributed by atoms with Gasteiger partial charge in [0.15, 0.2) is 11.5 Å². The summed E-state index contributed by atoms with van der Waals surface area (Å²) in [4.78, 5) is 33.5. The van der Waals surface area contributed by atoms with Gasteiger partial charge in [-0.15, -0.1) is 0 Å². The number of ether oxygens (including phenoxy) is 2. The molecule has 31 heavy (non-hydrogen) atoms. The van der Waals surface area contributed by atoms with E-state index in [1.165, 1.54) is 6.21 Å². The molecule has 0 unspecified atom stereocenters. The molecule has 0 saturated carbocycles. The van der Waals surface area contributed by atoms with Crippen molar-refractivity contribution in [3.8, 4) is 11.5 Å². The zero-order valence-corrected chi connectivity index (χ0v) is 18.9. The number of benzene rings is 2. The topological polar surface area (TPSA) is 77.8 Å². The molecule has 1 heterocycles. The van der Waals surface area contributed by atoms with Crippen LogP contribution < -0.4 is 9.47 Å².